The minimum Gasteiger partial charge on any atom is -0.831 e. The molecule has 0 heterocycles. The van der Waals surface area contributed by atoms with Crippen molar-refractivity contribution in [3.63, 3.8) is 0 Å². The number of hydrogen-bond acceptors (Lipinski definition) is 6. The van der Waals surface area contributed by atoms with E-state index in [0.717, 1.165) is 0 Å². The Balaban J connectivity index is -0.0000000865. The van der Waals surface area contributed by atoms with Crippen LogP contribution in [0.5, 0.6) is 0 Å². The molecule has 0 aromatic carbocycles. The fourth-order valence-electron chi connectivity index (χ4n) is 0.500. The zero-order chi connectivity index (χ0) is 15.0. The van der Waals surface area contributed by atoms with Crippen molar-refractivity contribution in [2.45, 2.75) is 58.9 Å². The monoisotopic (exact) mass is 425 g/mol. The van der Waals surface area contributed by atoms with Gasteiger partial charge in [0.15, 0.2) is 0 Å². The molecule has 7 heteroatoms. The van der Waals surface area contributed by atoms with Crippen LogP contribution in [0.15, 0.2) is 0 Å². The second-order valence-corrected chi connectivity index (χ2v) is 3.22. The zero-order valence-electron chi connectivity index (χ0n) is 12.7. The van der Waals surface area contributed by atoms with Crippen LogP contribution in [-0.2, 0) is 14.2 Å². The smallest absolute Gasteiger partial charge is 0.831 e. The summed E-state index contributed by atoms with van der Waals surface area (Å²) in [7, 11) is 4.25. The van der Waals surface area contributed by atoms with Crippen molar-refractivity contribution < 1.29 is 69.5 Å². The number of ether oxygens (including phenoxy) is 3. The van der Waals surface area contributed by atoms with Crippen LogP contribution in [-0.4, -0.2) is 40.2 Å². The van der Waals surface area contributed by atoms with Gasteiger partial charge in [0.05, 0.1) is 0 Å². The minimum absolute atomic E-state index is 0. The van der Waals surface area contributed by atoms with E-state index in [2.05, 4.69) is 14.2 Å². The van der Waals surface area contributed by atoms with Crippen molar-refractivity contribution >= 4 is 0 Å². The molecular formula is C12H27GdO6. The van der Waals surface area contributed by atoms with Gasteiger partial charge in [0.1, 0.15) is 0 Å². The van der Waals surface area contributed by atoms with E-state index in [-0.39, 0.29) is 39.9 Å². The summed E-state index contributed by atoms with van der Waals surface area (Å²) >= 11 is 0. The van der Waals surface area contributed by atoms with E-state index < -0.39 is 18.9 Å². The molecule has 0 amide bonds. The predicted octanol–water partition coefficient (Wildman–Crippen LogP) is -0.812. The summed E-state index contributed by atoms with van der Waals surface area (Å²) in [4.78, 5) is 0. The standard InChI is InChI=1S/3C4H9O2.Gd/c3*1-3-4(5)6-2;/h3*4H,3H2,1-2H3;/q3*-1;+3. The SMILES string of the molecule is CCC([O-])OC.CCC([O-])OC.CCC([O-])OC.[Gd+3]. The van der Waals surface area contributed by atoms with Crippen LogP contribution in [0, 0.1) is 39.9 Å². The molecule has 0 fully saturated rings. The summed E-state index contributed by atoms with van der Waals surface area (Å²) in [5.41, 5.74) is 0. The molecule has 3 unspecified atom stereocenters. The van der Waals surface area contributed by atoms with E-state index in [4.69, 9.17) is 0 Å². The van der Waals surface area contributed by atoms with Crippen molar-refractivity contribution in [1.29, 1.82) is 0 Å². The van der Waals surface area contributed by atoms with Crippen LogP contribution >= 0.6 is 0 Å². The zero-order valence-corrected chi connectivity index (χ0v) is 14.9. The van der Waals surface area contributed by atoms with Gasteiger partial charge < -0.3 is 29.5 Å². The first kappa shape index (κ1) is 28.3. The van der Waals surface area contributed by atoms with Crippen LogP contribution in [0.3, 0.4) is 0 Å². The average molecular weight is 425 g/mol. The third kappa shape index (κ3) is 32.5. The predicted molar refractivity (Wildman–Crippen MR) is 63.3 cm³/mol. The average Bonchev–Trinajstić information content (AvgIpc) is 2.45. The third-order valence-corrected chi connectivity index (χ3v) is 1.79. The molecule has 0 rings (SSSR count). The maximum atomic E-state index is 10.0. The molecule has 0 bridgehead atoms. The van der Waals surface area contributed by atoms with Gasteiger partial charge in [-0.15, -0.1) is 0 Å². The molecule has 6 nitrogen and oxygen atoms in total. The molecule has 3 atom stereocenters. The van der Waals surface area contributed by atoms with Gasteiger partial charge in [0.25, 0.3) is 0 Å². The molecule has 0 N–H and O–H groups in total. The second kappa shape index (κ2) is 24.1. The molecule has 0 spiro atoms. The fourth-order valence-corrected chi connectivity index (χ4v) is 0.500. The van der Waals surface area contributed by atoms with Crippen LogP contribution in [0.2, 0.25) is 0 Å². The Morgan fingerprint density at radius 2 is 0.789 bits per heavy atom. The van der Waals surface area contributed by atoms with Gasteiger partial charge in [-0.1, -0.05) is 20.8 Å². The van der Waals surface area contributed by atoms with Gasteiger partial charge in [-0.25, -0.2) is 0 Å². The van der Waals surface area contributed by atoms with E-state index in [1.54, 1.807) is 20.8 Å². The van der Waals surface area contributed by atoms with Gasteiger partial charge in [-0.2, -0.15) is 0 Å². The molecule has 0 aromatic heterocycles. The van der Waals surface area contributed by atoms with Crippen molar-refractivity contribution in [3.8, 4) is 0 Å². The topological polar surface area (TPSA) is 96.9 Å². The maximum absolute atomic E-state index is 10.0. The van der Waals surface area contributed by atoms with Crippen molar-refractivity contribution in [3.05, 3.63) is 0 Å². The van der Waals surface area contributed by atoms with Crippen LogP contribution in [0.25, 0.3) is 0 Å². The van der Waals surface area contributed by atoms with E-state index in [1.807, 2.05) is 0 Å². The third-order valence-electron chi connectivity index (χ3n) is 1.79. The van der Waals surface area contributed by atoms with Gasteiger partial charge >= 0.3 is 39.9 Å². The summed E-state index contributed by atoms with van der Waals surface area (Å²) in [5, 5.41) is 30.1. The van der Waals surface area contributed by atoms with Gasteiger partial charge in [0, 0.05) is 21.3 Å². The van der Waals surface area contributed by atoms with Crippen LogP contribution in [0.4, 0.5) is 0 Å². The molecule has 119 valence electrons. The van der Waals surface area contributed by atoms with Gasteiger partial charge in [-0.05, 0) is 38.1 Å². The molecule has 0 aliphatic heterocycles. The van der Waals surface area contributed by atoms with Crippen LogP contribution in [0.1, 0.15) is 40.0 Å². The molecule has 0 saturated heterocycles. The summed E-state index contributed by atoms with van der Waals surface area (Å²) in [6.45, 7) is 5.38. The molecule has 19 heavy (non-hydrogen) atoms. The molecule has 0 aromatic rings. The minimum atomic E-state index is -0.815. The first-order chi connectivity index (χ1) is 8.42. The quantitative estimate of drug-likeness (QED) is 0.517. The largest absolute Gasteiger partial charge is 3.00 e. The van der Waals surface area contributed by atoms with E-state index in [1.165, 1.54) is 21.3 Å². The Morgan fingerprint density at radius 1 is 0.632 bits per heavy atom. The Bertz CT molecular complexity index is 104. The van der Waals surface area contributed by atoms with Gasteiger partial charge in [0.2, 0.25) is 0 Å². The number of rotatable bonds is 6. The summed E-state index contributed by atoms with van der Waals surface area (Å²) in [5.74, 6) is 0. The maximum Gasteiger partial charge on any atom is 3.00 e. The first-order valence-corrected chi connectivity index (χ1v) is 5.99. The molecule has 0 saturated carbocycles. The molecule has 1 radical (unpaired) electrons. The number of methoxy groups -OCH3 is 3. The molecule has 0 aliphatic carbocycles. The van der Waals surface area contributed by atoms with Crippen molar-refractivity contribution in [1.82, 2.24) is 0 Å². The number of hydrogen-bond donors (Lipinski definition) is 0. The van der Waals surface area contributed by atoms with Crippen LogP contribution < -0.4 is 15.3 Å². The molecular weight excluding hydrogens is 397 g/mol. The first-order valence-electron chi connectivity index (χ1n) is 5.99. The van der Waals surface area contributed by atoms with E-state index in [9.17, 15) is 15.3 Å². The van der Waals surface area contributed by atoms with Gasteiger partial charge in [-0.3, -0.25) is 0 Å². The Hall–Kier alpha value is 1.08. The Labute approximate surface area is 149 Å². The normalized spacial score (nSPS) is 13.7. The summed E-state index contributed by atoms with van der Waals surface area (Å²) in [6.07, 6.45) is -0.788. The van der Waals surface area contributed by atoms with Crippen molar-refractivity contribution in [2.24, 2.45) is 0 Å². The second-order valence-electron chi connectivity index (χ2n) is 3.22. The summed E-state index contributed by atoms with van der Waals surface area (Å²) < 4.78 is 13.0. The van der Waals surface area contributed by atoms with E-state index >= 15 is 0 Å². The summed E-state index contributed by atoms with van der Waals surface area (Å²) in [6, 6.07) is 0. The fraction of sp³-hybridized carbons (Fsp3) is 1.00. The Kier molecular flexibility index (Phi) is 35.9. The molecule has 0 aliphatic rings. The van der Waals surface area contributed by atoms with Crippen molar-refractivity contribution in [2.75, 3.05) is 21.3 Å². The van der Waals surface area contributed by atoms with E-state index in [0.29, 0.717) is 19.3 Å². The Morgan fingerprint density at radius 3 is 0.789 bits per heavy atom.